The minimum absolute atomic E-state index is 0.0400. The first kappa shape index (κ1) is 14.6. The molecule has 0 rings (SSSR count). The minimum atomic E-state index is -0.662. The van der Waals surface area contributed by atoms with E-state index in [4.69, 9.17) is 4.74 Å². The molecule has 16 heavy (non-hydrogen) atoms. The number of Topliss-reactive ketones (excluding diaryl/α,β-unsaturated/α-hetero) is 1. The summed E-state index contributed by atoms with van der Waals surface area (Å²) in [5.74, 6) is -0.790. The summed E-state index contributed by atoms with van der Waals surface area (Å²) in [6, 6.07) is 0. The van der Waals surface area contributed by atoms with Crippen LogP contribution in [0.4, 0.5) is 0 Å². The Kier molecular flexibility index (Phi) is 5.14. The summed E-state index contributed by atoms with van der Waals surface area (Å²) in [5, 5.41) is 9.27. The Labute approximate surface area is 95.7 Å². The van der Waals surface area contributed by atoms with Gasteiger partial charge in [0.05, 0.1) is 6.61 Å². The van der Waals surface area contributed by atoms with Crippen LogP contribution in [-0.4, -0.2) is 41.1 Å². The first-order valence-electron chi connectivity index (χ1n) is 5.19. The summed E-state index contributed by atoms with van der Waals surface area (Å²) in [7, 11) is 1.29. The van der Waals surface area contributed by atoms with Gasteiger partial charge in [0.15, 0.2) is 7.05 Å². The number of hydroxylamine groups is 1. The van der Waals surface area contributed by atoms with E-state index in [0.29, 0.717) is 4.74 Å². The van der Waals surface area contributed by atoms with Gasteiger partial charge >= 0.3 is 11.7 Å². The number of nitrogens with zero attached hydrogens (tertiary/aromatic N) is 1. The van der Waals surface area contributed by atoms with Crippen molar-refractivity contribution >= 4 is 17.5 Å². The maximum atomic E-state index is 11.7. The van der Waals surface area contributed by atoms with Crippen molar-refractivity contribution in [3.63, 3.8) is 0 Å². The molecule has 0 fully saturated rings. The Morgan fingerprint density at radius 1 is 1.31 bits per heavy atom. The third kappa shape index (κ3) is 4.42. The van der Waals surface area contributed by atoms with E-state index < -0.39 is 11.4 Å². The lowest BCUT2D eigenvalue weighted by molar-refractivity contribution is -0.754. The second-order valence-electron chi connectivity index (χ2n) is 4.54. The Morgan fingerprint density at radius 3 is 2.12 bits per heavy atom. The summed E-state index contributed by atoms with van der Waals surface area (Å²) in [4.78, 5) is 23.2. The van der Waals surface area contributed by atoms with E-state index in [-0.39, 0.29) is 24.5 Å². The van der Waals surface area contributed by atoms with Crippen LogP contribution in [-0.2, 0) is 14.3 Å². The lowest BCUT2D eigenvalue weighted by atomic mass is 9.88. The molecule has 0 spiro atoms. The fraction of sp³-hybridized carbons (Fsp3) is 0.727. The van der Waals surface area contributed by atoms with Gasteiger partial charge in [-0.3, -0.25) is 10.0 Å². The van der Waals surface area contributed by atoms with E-state index in [1.807, 2.05) is 0 Å². The lowest BCUT2D eigenvalue weighted by Gasteiger charge is -2.15. The SMILES string of the molecule is CCOC(=O)/C(CC(=O)C(C)(C)C)=[N+](/C)O. The fourth-order valence-corrected chi connectivity index (χ4v) is 0.950. The van der Waals surface area contributed by atoms with Gasteiger partial charge in [-0.2, -0.15) is 0 Å². The first-order chi connectivity index (χ1) is 7.20. The van der Waals surface area contributed by atoms with E-state index in [0.717, 1.165) is 0 Å². The summed E-state index contributed by atoms with van der Waals surface area (Å²) >= 11 is 0. The van der Waals surface area contributed by atoms with Crippen molar-refractivity contribution in [2.45, 2.75) is 34.1 Å². The molecule has 0 aliphatic heterocycles. The smallest absolute Gasteiger partial charge is 0.403 e. The maximum Gasteiger partial charge on any atom is 0.403 e. The van der Waals surface area contributed by atoms with Crippen LogP contribution < -0.4 is 0 Å². The Morgan fingerprint density at radius 2 is 1.81 bits per heavy atom. The summed E-state index contributed by atoms with van der Waals surface area (Å²) in [5.41, 5.74) is -0.588. The zero-order valence-electron chi connectivity index (χ0n) is 10.5. The summed E-state index contributed by atoms with van der Waals surface area (Å²) < 4.78 is 5.39. The zero-order chi connectivity index (χ0) is 12.9. The number of ether oxygens (including phenoxy) is 1. The number of esters is 1. The topological polar surface area (TPSA) is 66.6 Å². The highest BCUT2D eigenvalue weighted by atomic mass is 16.5. The number of hydrogen-bond acceptors (Lipinski definition) is 4. The van der Waals surface area contributed by atoms with Gasteiger partial charge in [0.1, 0.15) is 12.2 Å². The molecule has 0 unspecified atom stereocenters. The van der Waals surface area contributed by atoms with E-state index in [1.165, 1.54) is 7.05 Å². The van der Waals surface area contributed by atoms with Gasteiger partial charge < -0.3 is 4.74 Å². The van der Waals surface area contributed by atoms with Crippen molar-refractivity contribution in [2.75, 3.05) is 13.7 Å². The van der Waals surface area contributed by atoms with Crippen LogP contribution in [0, 0.1) is 5.41 Å². The van der Waals surface area contributed by atoms with Gasteiger partial charge in [-0.15, -0.1) is 0 Å². The molecular formula is C11H20NO4+. The highest BCUT2D eigenvalue weighted by molar-refractivity contribution is 6.37. The van der Waals surface area contributed by atoms with Crippen LogP contribution >= 0.6 is 0 Å². The molecule has 0 bridgehead atoms. The van der Waals surface area contributed by atoms with E-state index in [1.54, 1.807) is 27.7 Å². The Balaban J connectivity index is 4.82. The van der Waals surface area contributed by atoms with Gasteiger partial charge in [0.2, 0.25) is 0 Å². The molecular weight excluding hydrogens is 210 g/mol. The van der Waals surface area contributed by atoms with Crippen molar-refractivity contribution in [3.05, 3.63) is 0 Å². The van der Waals surface area contributed by atoms with E-state index >= 15 is 0 Å². The second kappa shape index (κ2) is 5.63. The minimum Gasteiger partial charge on any atom is -0.458 e. The number of rotatable bonds is 4. The van der Waals surface area contributed by atoms with Crippen LogP contribution in [0.3, 0.4) is 0 Å². The highest BCUT2D eigenvalue weighted by Gasteiger charge is 2.31. The Bertz CT molecular complexity index is 308. The first-order valence-corrected chi connectivity index (χ1v) is 5.19. The normalized spacial score (nSPS) is 13.1. The third-order valence-corrected chi connectivity index (χ3v) is 2.07. The molecule has 0 aliphatic carbocycles. The number of carbonyl (C=O) groups excluding carboxylic acids is 2. The van der Waals surface area contributed by atoms with Crippen molar-refractivity contribution in [1.29, 1.82) is 0 Å². The van der Waals surface area contributed by atoms with Crippen LogP contribution in [0.2, 0.25) is 0 Å². The standard InChI is InChI=1S/C11H20NO4/c1-6-16-10(14)8(12(5)15)7-9(13)11(2,3)4/h15H,6-7H2,1-5H3/q+1/b12-8-. The molecule has 0 amide bonds. The van der Waals surface area contributed by atoms with Gasteiger partial charge in [-0.25, -0.2) is 4.79 Å². The van der Waals surface area contributed by atoms with Crippen LogP contribution in [0.5, 0.6) is 0 Å². The lowest BCUT2D eigenvalue weighted by Crippen LogP contribution is -2.32. The van der Waals surface area contributed by atoms with Crippen LogP contribution in [0.25, 0.3) is 0 Å². The van der Waals surface area contributed by atoms with E-state index in [2.05, 4.69) is 0 Å². The van der Waals surface area contributed by atoms with E-state index in [9.17, 15) is 14.8 Å². The average Bonchev–Trinajstić information content (AvgIpc) is 2.11. The third-order valence-electron chi connectivity index (χ3n) is 2.07. The second-order valence-corrected chi connectivity index (χ2v) is 4.54. The largest absolute Gasteiger partial charge is 0.458 e. The molecule has 0 heterocycles. The summed E-state index contributed by atoms with van der Waals surface area (Å²) in [6.07, 6.45) is -0.130. The molecule has 0 saturated heterocycles. The van der Waals surface area contributed by atoms with Crippen LogP contribution in [0.15, 0.2) is 0 Å². The van der Waals surface area contributed by atoms with Crippen molar-refractivity contribution in [1.82, 2.24) is 0 Å². The zero-order valence-corrected chi connectivity index (χ0v) is 10.5. The molecule has 5 nitrogen and oxygen atoms in total. The molecule has 1 N–H and O–H groups in total. The van der Waals surface area contributed by atoms with Gasteiger partial charge in [0.25, 0.3) is 0 Å². The molecule has 0 aromatic heterocycles. The molecule has 0 aromatic rings. The van der Waals surface area contributed by atoms with Crippen molar-refractivity contribution < 1.29 is 24.3 Å². The quantitative estimate of drug-likeness (QED) is 0.257. The molecule has 0 aliphatic rings. The number of ketones is 1. The highest BCUT2D eigenvalue weighted by Crippen LogP contribution is 2.17. The van der Waals surface area contributed by atoms with Crippen molar-refractivity contribution in [2.24, 2.45) is 5.41 Å². The maximum absolute atomic E-state index is 11.7. The monoisotopic (exact) mass is 230 g/mol. The molecule has 0 atom stereocenters. The molecule has 5 heteroatoms. The summed E-state index contributed by atoms with van der Waals surface area (Å²) in [6.45, 7) is 7.15. The van der Waals surface area contributed by atoms with Gasteiger partial charge in [0, 0.05) is 5.41 Å². The van der Waals surface area contributed by atoms with Gasteiger partial charge in [-0.1, -0.05) is 20.8 Å². The van der Waals surface area contributed by atoms with Crippen LogP contribution in [0.1, 0.15) is 34.1 Å². The Hall–Kier alpha value is -1.39. The molecule has 92 valence electrons. The fourth-order valence-electron chi connectivity index (χ4n) is 0.950. The predicted molar refractivity (Wildman–Crippen MR) is 58.7 cm³/mol. The molecule has 0 radical (unpaired) electrons. The number of hydrogen-bond donors (Lipinski definition) is 1. The van der Waals surface area contributed by atoms with Crippen molar-refractivity contribution in [3.8, 4) is 0 Å². The predicted octanol–water partition coefficient (Wildman–Crippen LogP) is 1.03. The number of carbonyl (C=O) groups is 2. The van der Waals surface area contributed by atoms with Gasteiger partial charge in [-0.05, 0) is 11.7 Å². The molecule has 0 aromatic carbocycles. The molecule has 0 saturated carbocycles. The average molecular weight is 230 g/mol.